The summed E-state index contributed by atoms with van der Waals surface area (Å²) in [6, 6.07) is 0.239. The Bertz CT molecular complexity index is 460. The van der Waals surface area contributed by atoms with Crippen molar-refractivity contribution in [2.45, 2.75) is 76.5 Å². The van der Waals surface area contributed by atoms with Gasteiger partial charge < -0.3 is 10.0 Å². The molecule has 20 heavy (non-hydrogen) atoms. The predicted octanol–water partition coefficient (Wildman–Crippen LogP) is 3.30. The summed E-state index contributed by atoms with van der Waals surface area (Å²) in [6.07, 6.45) is 12.9. The first kappa shape index (κ1) is 13.9. The molecular weight excluding hydrogens is 250 g/mol. The minimum absolute atomic E-state index is 0.0708. The number of hydrogen-bond donors (Lipinski definition) is 1. The summed E-state index contributed by atoms with van der Waals surface area (Å²) < 4.78 is 0. The Morgan fingerprint density at radius 3 is 2.85 bits per heavy atom. The summed E-state index contributed by atoms with van der Waals surface area (Å²) in [7, 11) is 0. The van der Waals surface area contributed by atoms with Crippen LogP contribution in [0.2, 0.25) is 0 Å². The summed E-state index contributed by atoms with van der Waals surface area (Å²) in [5, 5.41) is 11.3. The van der Waals surface area contributed by atoms with Crippen LogP contribution in [-0.4, -0.2) is 27.7 Å². The molecule has 0 aromatic rings. The summed E-state index contributed by atoms with van der Waals surface area (Å²) in [5.41, 5.74) is 0.773. The smallest absolute Gasteiger partial charge is 0.256 e. The van der Waals surface area contributed by atoms with Gasteiger partial charge in [0.25, 0.3) is 5.91 Å². The number of carbonyl (C=O) groups is 1. The van der Waals surface area contributed by atoms with Gasteiger partial charge in [0.05, 0.1) is 0 Å². The molecule has 1 amide bonds. The van der Waals surface area contributed by atoms with Crippen LogP contribution in [-0.2, 0) is 4.79 Å². The van der Waals surface area contributed by atoms with Gasteiger partial charge in [0, 0.05) is 11.6 Å². The first-order chi connectivity index (χ1) is 9.68. The second-order valence-electron chi connectivity index (χ2n) is 6.37. The molecule has 1 fully saturated rings. The SMILES string of the molecule is CCCCC1(O)C2=C(C=CCC2)C(=O)N1C1CCCC1. The van der Waals surface area contributed by atoms with Gasteiger partial charge in [-0.05, 0) is 44.1 Å². The van der Waals surface area contributed by atoms with Crippen molar-refractivity contribution < 1.29 is 9.90 Å². The minimum atomic E-state index is -0.998. The molecule has 1 N–H and O–H groups in total. The number of rotatable bonds is 4. The van der Waals surface area contributed by atoms with Gasteiger partial charge in [-0.2, -0.15) is 0 Å². The van der Waals surface area contributed by atoms with Gasteiger partial charge in [0.15, 0.2) is 5.72 Å². The molecule has 2 aliphatic carbocycles. The number of aliphatic hydroxyl groups is 1. The van der Waals surface area contributed by atoms with Crippen molar-refractivity contribution in [3.63, 3.8) is 0 Å². The predicted molar refractivity (Wildman–Crippen MR) is 79.0 cm³/mol. The molecule has 0 aromatic carbocycles. The van der Waals surface area contributed by atoms with Gasteiger partial charge in [-0.1, -0.05) is 38.3 Å². The van der Waals surface area contributed by atoms with Crippen LogP contribution in [0.15, 0.2) is 23.3 Å². The van der Waals surface area contributed by atoms with Crippen LogP contribution in [0.4, 0.5) is 0 Å². The highest BCUT2D eigenvalue weighted by atomic mass is 16.3. The van der Waals surface area contributed by atoms with E-state index >= 15 is 0 Å². The van der Waals surface area contributed by atoms with Gasteiger partial charge in [-0.25, -0.2) is 0 Å². The summed E-state index contributed by atoms with van der Waals surface area (Å²) in [4.78, 5) is 14.6. The van der Waals surface area contributed by atoms with Gasteiger partial charge in [-0.15, -0.1) is 0 Å². The van der Waals surface area contributed by atoms with Crippen LogP contribution in [0.25, 0.3) is 0 Å². The number of nitrogens with zero attached hydrogens (tertiary/aromatic N) is 1. The number of unbranched alkanes of at least 4 members (excludes halogenated alkanes) is 1. The molecule has 1 saturated carbocycles. The molecule has 3 heteroatoms. The van der Waals surface area contributed by atoms with E-state index in [0.717, 1.165) is 49.7 Å². The fourth-order valence-electron chi connectivity index (χ4n) is 4.05. The Morgan fingerprint density at radius 1 is 1.40 bits per heavy atom. The van der Waals surface area contributed by atoms with Crippen LogP contribution in [0.3, 0.4) is 0 Å². The first-order valence-corrected chi connectivity index (χ1v) is 8.14. The molecule has 0 aromatic heterocycles. The van der Waals surface area contributed by atoms with Crippen molar-refractivity contribution >= 4 is 5.91 Å². The van der Waals surface area contributed by atoms with Crippen LogP contribution < -0.4 is 0 Å². The van der Waals surface area contributed by atoms with Crippen molar-refractivity contribution in [3.05, 3.63) is 23.3 Å². The normalized spacial score (nSPS) is 30.5. The van der Waals surface area contributed by atoms with E-state index in [1.807, 2.05) is 11.0 Å². The third kappa shape index (κ3) is 2.03. The van der Waals surface area contributed by atoms with E-state index in [1.54, 1.807) is 0 Å². The lowest BCUT2D eigenvalue weighted by Crippen LogP contribution is -2.52. The van der Waals surface area contributed by atoms with Crippen molar-refractivity contribution in [2.24, 2.45) is 0 Å². The molecule has 0 spiro atoms. The molecule has 3 rings (SSSR count). The summed E-state index contributed by atoms with van der Waals surface area (Å²) in [5.74, 6) is 0.0708. The number of hydrogen-bond acceptors (Lipinski definition) is 2. The zero-order chi connectivity index (χ0) is 14.2. The molecule has 1 unspecified atom stereocenters. The van der Waals surface area contributed by atoms with Crippen molar-refractivity contribution in [1.29, 1.82) is 0 Å². The van der Waals surface area contributed by atoms with Crippen molar-refractivity contribution in [3.8, 4) is 0 Å². The van der Waals surface area contributed by atoms with Gasteiger partial charge in [0.1, 0.15) is 0 Å². The Kier molecular flexibility index (Phi) is 3.72. The van der Waals surface area contributed by atoms with Gasteiger partial charge in [0.2, 0.25) is 0 Å². The number of carbonyl (C=O) groups excluding carboxylic acids is 1. The average molecular weight is 275 g/mol. The topological polar surface area (TPSA) is 40.5 Å². The standard InChI is InChI=1S/C17H25NO2/c1-2-3-12-17(20)15-11-7-6-10-14(15)16(19)18(17)13-8-4-5-9-13/h6,10,13,20H,2-5,7-9,11-12H2,1H3. The first-order valence-electron chi connectivity index (χ1n) is 8.14. The Labute approximate surface area is 121 Å². The second-order valence-corrected chi connectivity index (χ2v) is 6.37. The quantitative estimate of drug-likeness (QED) is 0.855. The van der Waals surface area contributed by atoms with E-state index in [2.05, 4.69) is 13.0 Å². The number of amides is 1. The lowest BCUT2D eigenvalue weighted by atomic mass is 9.89. The largest absolute Gasteiger partial charge is 0.367 e. The molecule has 1 atom stereocenters. The van der Waals surface area contributed by atoms with Crippen LogP contribution in [0, 0.1) is 0 Å². The maximum Gasteiger partial charge on any atom is 0.256 e. The fourth-order valence-corrected chi connectivity index (χ4v) is 4.05. The maximum absolute atomic E-state index is 12.8. The van der Waals surface area contributed by atoms with Crippen LogP contribution in [0.1, 0.15) is 64.7 Å². The maximum atomic E-state index is 12.8. The monoisotopic (exact) mass is 275 g/mol. The second kappa shape index (κ2) is 5.36. The molecule has 3 nitrogen and oxygen atoms in total. The summed E-state index contributed by atoms with van der Waals surface area (Å²) >= 11 is 0. The molecule has 0 radical (unpaired) electrons. The lowest BCUT2D eigenvalue weighted by Gasteiger charge is -2.40. The van der Waals surface area contributed by atoms with Crippen LogP contribution in [0.5, 0.6) is 0 Å². The molecule has 1 aliphatic heterocycles. The Hall–Kier alpha value is -1.09. The zero-order valence-electron chi connectivity index (χ0n) is 12.4. The van der Waals surface area contributed by atoms with E-state index in [-0.39, 0.29) is 11.9 Å². The van der Waals surface area contributed by atoms with E-state index in [1.165, 1.54) is 12.8 Å². The highest BCUT2D eigenvalue weighted by Gasteiger charge is 2.51. The third-order valence-electron chi connectivity index (χ3n) is 5.07. The average Bonchev–Trinajstić information content (AvgIpc) is 3.05. The molecule has 0 bridgehead atoms. The lowest BCUT2D eigenvalue weighted by molar-refractivity contribution is -0.150. The molecule has 0 saturated heterocycles. The zero-order valence-corrected chi connectivity index (χ0v) is 12.4. The van der Waals surface area contributed by atoms with Crippen LogP contribution >= 0.6 is 0 Å². The van der Waals surface area contributed by atoms with E-state index in [0.29, 0.717) is 6.42 Å². The number of allylic oxidation sites excluding steroid dienone is 1. The van der Waals surface area contributed by atoms with Crippen molar-refractivity contribution in [1.82, 2.24) is 4.90 Å². The molecular formula is C17H25NO2. The highest BCUT2D eigenvalue weighted by Crippen LogP contribution is 2.45. The molecule has 110 valence electrons. The fraction of sp³-hybridized carbons (Fsp3) is 0.706. The highest BCUT2D eigenvalue weighted by molar-refractivity contribution is 6.01. The minimum Gasteiger partial charge on any atom is -0.367 e. The molecule has 3 aliphatic rings. The Balaban J connectivity index is 1.96. The van der Waals surface area contributed by atoms with Gasteiger partial charge >= 0.3 is 0 Å². The molecule has 1 heterocycles. The Morgan fingerprint density at radius 2 is 2.15 bits per heavy atom. The van der Waals surface area contributed by atoms with E-state index in [4.69, 9.17) is 0 Å². The van der Waals surface area contributed by atoms with Gasteiger partial charge in [-0.3, -0.25) is 4.79 Å². The van der Waals surface area contributed by atoms with E-state index < -0.39 is 5.72 Å². The summed E-state index contributed by atoms with van der Waals surface area (Å²) in [6.45, 7) is 2.14. The third-order valence-corrected chi connectivity index (χ3v) is 5.07. The van der Waals surface area contributed by atoms with Crippen molar-refractivity contribution in [2.75, 3.05) is 0 Å². The van der Waals surface area contributed by atoms with E-state index in [9.17, 15) is 9.90 Å².